The average Bonchev–Trinajstić information content (AvgIpc) is 3.10. The van der Waals surface area contributed by atoms with Crippen LogP contribution in [0.3, 0.4) is 0 Å². The molecular formula is C20H15BrCl2N4O4. The summed E-state index contributed by atoms with van der Waals surface area (Å²) in [5.74, 6) is -0.924. The number of hydrogen-bond acceptors (Lipinski definition) is 4. The second-order valence-corrected chi connectivity index (χ2v) is 8.24. The number of nitro groups is 1. The van der Waals surface area contributed by atoms with Crippen molar-refractivity contribution in [1.82, 2.24) is 9.88 Å². The van der Waals surface area contributed by atoms with Crippen molar-refractivity contribution >= 4 is 62.3 Å². The molecule has 0 saturated heterocycles. The van der Waals surface area contributed by atoms with Crippen LogP contribution in [0.2, 0.25) is 10.0 Å². The molecule has 3 aromatic rings. The molecule has 0 saturated carbocycles. The molecule has 11 heteroatoms. The van der Waals surface area contributed by atoms with Crippen LogP contribution in [0, 0.1) is 17.0 Å². The first-order valence-corrected chi connectivity index (χ1v) is 10.3. The molecule has 0 spiro atoms. The second kappa shape index (κ2) is 9.09. The molecule has 1 heterocycles. The van der Waals surface area contributed by atoms with Crippen molar-refractivity contribution in [3.05, 3.63) is 84.0 Å². The van der Waals surface area contributed by atoms with Gasteiger partial charge in [0.2, 0.25) is 0 Å². The van der Waals surface area contributed by atoms with Crippen LogP contribution in [-0.2, 0) is 0 Å². The van der Waals surface area contributed by atoms with Crippen LogP contribution < -0.4 is 10.6 Å². The number of carbonyl (C=O) groups is 2. The number of aromatic nitrogens is 1. The van der Waals surface area contributed by atoms with Gasteiger partial charge >= 0.3 is 0 Å². The molecule has 31 heavy (non-hydrogen) atoms. The fourth-order valence-corrected chi connectivity index (χ4v) is 3.97. The fourth-order valence-electron chi connectivity index (χ4n) is 3.01. The maximum atomic E-state index is 13.1. The van der Waals surface area contributed by atoms with E-state index in [1.807, 2.05) is 0 Å². The van der Waals surface area contributed by atoms with Crippen LogP contribution in [0.1, 0.15) is 26.4 Å². The maximum absolute atomic E-state index is 13.1. The highest BCUT2D eigenvalue weighted by molar-refractivity contribution is 9.10. The highest BCUT2D eigenvalue weighted by atomic mass is 79.9. The van der Waals surface area contributed by atoms with Crippen LogP contribution >= 0.6 is 39.1 Å². The Morgan fingerprint density at radius 2 is 1.84 bits per heavy atom. The number of halogens is 3. The van der Waals surface area contributed by atoms with Gasteiger partial charge in [-0.25, -0.2) is 0 Å². The Kier molecular flexibility index (Phi) is 6.68. The second-order valence-electron chi connectivity index (χ2n) is 6.48. The van der Waals surface area contributed by atoms with Crippen molar-refractivity contribution in [3.63, 3.8) is 0 Å². The first-order valence-electron chi connectivity index (χ1n) is 8.78. The SMILES string of the molecule is CNC(=O)c1cc(Cl)cc(C)c1NC(=O)c1cc(Br)cn1-c1ccc([N+](=O)[O-])cc1Cl. The van der Waals surface area contributed by atoms with Crippen molar-refractivity contribution in [3.8, 4) is 5.69 Å². The van der Waals surface area contributed by atoms with E-state index in [2.05, 4.69) is 26.6 Å². The minimum absolute atomic E-state index is 0.0973. The number of hydrogen-bond donors (Lipinski definition) is 2. The Bertz CT molecular complexity index is 1230. The number of aryl methyl sites for hydroxylation is 1. The van der Waals surface area contributed by atoms with Gasteiger partial charge in [0.25, 0.3) is 17.5 Å². The number of nitro benzene ring substituents is 1. The number of carbonyl (C=O) groups excluding carboxylic acids is 2. The molecule has 0 aliphatic carbocycles. The fraction of sp³-hybridized carbons (Fsp3) is 0.100. The quantitative estimate of drug-likeness (QED) is 0.344. The lowest BCUT2D eigenvalue weighted by atomic mass is 10.1. The predicted molar refractivity (Wildman–Crippen MR) is 123 cm³/mol. The highest BCUT2D eigenvalue weighted by Crippen LogP contribution is 2.30. The van der Waals surface area contributed by atoms with Crippen molar-refractivity contribution in [2.24, 2.45) is 0 Å². The molecular weight excluding hydrogens is 511 g/mol. The van der Waals surface area contributed by atoms with E-state index in [1.165, 1.54) is 35.9 Å². The lowest BCUT2D eigenvalue weighted by Gasteiger charge is -2.15. The predicted octanol–water partition coefficient (Wildman–Crippen LogP) is 5.38. The van der Waals surface area contributed by atoms with E-state index in [9.17, 15) is 19.7 Å². The molecule has 0 atom stereocenters. The summed E-state index contributed by atoms with van der Waals surface area (Å²) in [6.45, 7) is 1.72. The average molecular weight is 526 g/mol. The summed E-state index contributed by atoms with van der Waals surface area (Å²) in [5.41, 5.74) is 1.53. The summed E-state index contributed by atoms with van der Waals surface area (Å²) in [7, 11) is 1.48. The van der Waals surface area contributed by atoms with Crippen LogP contribution in [0.4, 0.5) is 11.4 Å². The Morgan fingerprint density at radius 1 is 1.13 bits per heavy atom. The van der Waals surface area contributed by atoms with Gasteiger partial charge in [-0.15, -0.1) is 0 Å². The largest absolute Gasteiger partial charge is 0.355 e. The van der Waals surface area contributed by atoms with Gasteiger partial charge in [0.1, 0.15) is 5.69 Å². The molecule has 3 rings (SSSR count). The summed E-state index contributed by atoms with van der Waals surface area (Å²) >= 11 is 15.7. The van der Waals surface area contributed by atoms with Crippen LogP contribution in [0.5, 0.6) is 0 Å². The number of benzene rings is 2. The van der Waals surface area contributed by atoms with Crippen molar-refractivity contribution in [2.45, 2.75) is 6.92 Å². The van der Waals surface area contributed by atoms with Gasteiger partial charge in [0.15, 0.2) is 0 Å². The zero-order valence-electron chi connectivity index (χ0n) is 16.2. The van der Waals surface area contributed by atoms with Gasteiger partial charge in [-0.2, -0.15) is 0 Å². The highest BCUT2D eigenvalue weighted by Gasteiger charge is 2.21. The molecule has 2 N–H and O–H groups in total. The Labute approximate surface area is 195 Å². The number of rotatable bonds is 5. The number of non-ortho nitro benzene ring substituents is 1. The maximum Gasteiger partial charge on any atom is 0.272 e. The van der Waals surface area contributed by atoms with E-state index >= 15 is 0 Å². The molecule has 160 valence electrons. The monoisotopic (exact) mass is 524 g/mol. The van der Waals surface area contributed by atoms with Crippen molar-refractivity contribution < 1.29 is 14.5 Å². The number of amides is 2. The molecule has 0 radical (unpaired) electrons. The normalized spacial score (nSPS) is 10.6. The molecule has 0 aliphatic rings. The third kappa shape index (κ3) is 4.73. The van der Waals surface area contributed by atoms with E-state index in [0.717, 1.165) is 0 Å². The lowest BCUT2D eigenvalue weighted by Crippen LogP contribution is -2.23. The van der Waals surface area contributed by atoms with E-state index in [-0.39, 0.29) is 22.0 Å². The third-order valence-corrected chi connectivity index (χ3v) is 5.39. The Morgan fingerprint density at radius 3 is 2.45 bits per heavy atom. The van der Waals surface area contributed by atoms with Crippen LogP contribution in [0.25, 0.3) is 5.69 Å². The lowest BCUT2D eigenvalue weighted by molar-refractivity contribution is -0.384. The van der Waals surface area contributed by atoms with Crippen LogP contribution in [0.15, 0.2) is 47.1 Å². The first-order chi connectivity index (χ1) is 14.6. The Balaban J connectivity index is 2.05. The minimum Gasteiger partial charge on any atom is -0.355 e. The molecule has 2 aromatic carbocycles. The van der Waals surface area contributed by atoms with Gasteiger partial charge in [0.05, 0.1) is 26.9 Å². The zero-order chi connectivity index (χ0) is 22.9. The number of nitrogens with one attached hydrogen (secondary N) is 2. The summed E-state index contributed by atoms with van der Waals surface area (Å²) in [4.78, 5) is 35.8. The summed E-state index contributed by atoms with van der Waals surface area (Å²) in [6.07, 6.45) is 1.61. The number of nitrogens with zero attached hydrogens (tertiary/aromatic N) is 2. The third-order valence-electron chi connectivity index (χ3n) is 4.43. The molecule has 2 amide bonds. The smallest absolute Gasteiger partial charge is 0.272 e. The van der Waals surface area contributed by atoms with Crippen LogP contribution in [-0.4, -0.2) is 28.4 Å². The molecule has 1 aromatic heterocycles. The molecule has 0 aliphatic heterocycles. The summed E-state index contributed by atoms with van der Waals surface area (Å²) < 4.78 is 2.09. The van der Waals surface area contributed by atoms with Gasteiger partial charge in [-0.05, 0) is 52.7 Å². The van der Waals surface area contributed by atoms with E-state index in [1.54, 1.807) is 25.3 Å². The topological polar surface area (TPSA) is 106 Å². The van der Waals surface area contributed by atoms with Gasteiger partial charge in [-0.3, -0.25) is 19.7 Å². The molecule has 8 nitrogen and oxygen atoms in total. The van der Waals surface area contributed by atoms with Gasteiger partial charge in [-0.1, -0.05) is 23.2 Å². The minimum atomic E-state index is -0.557. The summed E-state index contributed by atoms with van der Waals surface area (Å²) in [6, 6.07) is 8.62. The molecule has 0 bridgehead atoms. The zero-order valence-corrected chi connectivity index (χ0v) is 19.3. The standard InChI is InChI=1S/C20H15BrCl2N4O4/c1-10-5-12(22)7-14(19(28)24-2)18(10)25-20(29)17-6-11(21)9-26(17)16-4-3-13(27(30)31)8-15(16)23/h3-9H,1-2H3,(H,24,28)(H,25,29). The Hall–Kier alpha value is -2.88. The van der Waals surface area contributed by atoms with Gasteiger partial charge in [0, 0.05) is 34.9 Å². The van der Waals surface area contributed by atoms with E-state index < -0.39 is 16.7 Å². The van der Waals surface area contributed by atoms with Gasteiger partial charge < -0.3 is 15.2 Å². The van der Waals surface area contributed by atoms with E-state index in [0.29, 0.717) is 26.4 Å². The van der Waals surface area contributed by atoms with Crippen molar-refractivity contribution in [2.75, 3.05) is 12.4 Å². The molecule has 0 unspecified atom stereocenters. The number of anilines is 1. The van der Waals surface area contributed by atoms with Crippen molar-refractivity contribution in [1.29, 1.82) is 0 Å². The summed E-state index contributed by atoms with van der Waals surface area (Å²) in [5, 5.41) is 16.7. The molecule has 0 fully saturated rings. The first kappa shape index (κ1) is 22.8. The van der Waals surface area contributed by atoms with E-state index in [4.69, 9.17) is 23.2 Å².